The molecule has 1 amide bonds. The van der Waals surface area contributed by atoms with Crippen LogP contribution in [-0.2, 0) is 9.59 Å². The lowest BCUT2D eigenvalue weighted by Crippen LogP contribution is -2.49. The van der Waals surface area contributed by atoms with Crippen LogP contribution in [0.4, 0.5) is 0 Å². The maximum absolute atomic E-state index is 11.9. The minimum atomic E-state index is -0.818. The molecule has 0 spiro atoms. The van der Waals surface area contributed by atoms with Crippen molar-refractivity contribution in [1.82, 2.24) is 4.90 Å². The Hall–Kier alpha value is -1.10. The monoisotopic (exact) mass is 228 g/mol. The van der Waals surface area contributed by atoms with Gasteiger partial charge in [-0.1, -0.05) is 13.3 Å². The predicted molar refractivity (Wildman–Crippen MR) is 59.8 cm³/mol. The average Bonchev–Trinajstić information content (AvgIpc) is 2.28. The zero-order chi connectivity index (χ0) is 12.1. The fourth-order valence-corrected chi connectivity index (χ4v) is 2.05. The first kappa shape index (κ1) is 13.0. The van der Waals surface area contributed by atoms with Gasteiger partial charge in [-0.3, -0.25) is 9.59 Å². The van der Waals surface area contributed by atoms with Crippen molar-refractivity contribution in [2.24, 2.45) is 11.7 Å². The van der Waals surface area contributed by atoms with Gasteiger partial charge < -0.3 is 15.7 Å². The first-order chi connectivity index (χ1) is 7.56. The summed E-state index contributed by atoms with van der Waals surface area (Å²) in [6.07, 6.45) is 2.93. The highest BCUT2D eigenvalue weighted by Gasteiger charge is 2.29. The predicted octanol–water partition coefficient (Wildman–Crippen LogP) is 0.437. The Labute approximate surface area is 95.6 Å². The molecule has 5 nitrogen and oxygen atoms in total. The molecule has 0 aliphatic carbocycles. The van der Waals surface area contributed by atoms with Gasteiger partial charge in [-0.25, -0.2) is 0 Å². The molecule has 1 aliphatic heterocycles. The van der Waals surface area contributed by atoms with Gasteiger partial charge in [0.05, 0.1) is 12.0 Å². The summed E-state index contributed by atoms with van der Waals surface area (Å²) in [5.74, 6) is -1.35. The Balaban J connectivity index is 2.53. The SMILES string of the molecule is CCC[C@H](N)C(=O)N1CCC[C@@H](C(=O)O)C1. The molecule has 0 aromatic carbocycles. The van der Waals surface area contributed by atoms with Gasteiger partial charge in [0.2, 0.25) is 5.91 Å². The molecule has 0 radical (unpaired) electrons. The number of piperidine rings is 1. The molecule has 16 heavy (non-hydrogen) atoms. The van der Waals surface area contributed by atoms with Crippen LogP contribution in [0.5, 0.6) is 0 Å². The van der Waals surface area contributed by atoms with Gasteiger partial charge in [0, 0.05) is 13.1 Å². The molecular weight excluding hydrogens is 208 g/mol. The van der Waals surface area contributed by atoms with E-state index in [2.05, 4.69) is 0 Å². The highest BCUT2D eigenvalue weighted by atomic mass is 16.4. The Morgan fingerprint density at radius 3 is 2.81 bits per heavy atom. The van der Waals surface area contributed by atoms with Crippen LogP contribution in [0.25, 0.3) is 0 Å². The van der Waals surface area contributed by atoms with Crippen LogP contribution in [0.15, 0.2) is 0 Å². The van der Waals surface area contributed by atoms with Crippen molar-refractivity contribution in [1.29, 1.82) is 0 Å². The van der Waals surface area contributed by atoms with Crippen LogP contribution < -0.4 is 5.73 Å². The van der Waals surface area contributed by atoms with Crippen molar-refractivity contribution in [3.63, 3.8) is 0 Å². The largest absolute Gasteiger partial charge is 0.481 e. The quantitative estimate of drug-likeness (QED) is 0.731. The summed E-state index contributed by atoms with van der Waals surface area (Å²) >= 11 is 0. The third kappa shape index (κ3) is 3.20. The molecule has 1 heterocycles. The summed E-state index contributed by atoms with van der Waals surface area (Å²) in [5, 5.41) is 8.91. The highest BCUT2D eigenvalue weighted by molar-refractivity contribution is 5.82. The van der Waals surface area contributed by atoms with Gasteiger partial charge in [-0.05, 0) is 19.3 Å². The molecule has 0 unspecified atom stereocenters. The number of carbonyl (C=O) groups is 2. The summed E-state index contributed by atoms with van der Waals surface area (Å²) in [4.78, 5) is 24.3. The van der Waals surface area contributed by atoms with E-state index in [0.717, 1.165) is 12.8 Å². The van der Waals surface area contributed by atoms with Crippen LogP contribution in [0.3, 0.4) is 0 Å². The first-order valence-corrected chi connectivity index (χ1v) is 5.83. The van der Waals surface area contributed by atoms with Crippen LogP contribution in [-0.4, -0.2) is 41.0 Å². The van der Waals surface area contributed by atoms with Crippen molar-refractivity contribution >= 4 is 11.9 Å². The zero-order valence-electron chi connectivity index (χ0n) is 9.69. The molecule has 0 aromatic heterocycles. The second-order valence-electron chi connectivity index (χ2n) is 4.36. The molecule has 0 saturated carbocycles. The standard InChI is InChI=1S/C11H20N2O3/c1-2-4-9(12)10(14)13-6-3-5-8(7-13)11(15)16/h8-9H,2-7,12H2,1H3,(H,15,16)/t8-,9+/m1/s1. The van der Waals surface area contributed by atoms with E-state index in [9.17, 15) is 9.59 Å². The fourth-order valence-electron chi connectivity index (χ4n) is 2.05. The molecule has 3 N–H and O–H groups in total. The number of likely N-dealkylation sites (tertiary alicyclic amines) is 1. The van der Waals surface area contributed by atoms with Crippen molar-refractivity contribution in [2.75, 3.05) is 13.1 Å². The fraction of sp³-hybridized carbons (Fsp3) is 0.818. The molecular formula is C11H20N2O3. The number of aliphatic carboxylic acids is 1. The van der Waals surface area contributed by atoms with E-state index in [0.29, 0.717) is 25.9 Å². The second kappa shape index (κ2) is 5.84. The third-order valence-corrected chi connectivity index (χ3v) is 3.00. The van der Waals surface area contributed by atoms with Gasteiger partial charge in [0.15, 0.2) is 0 Å². The van der Waals surface area contributed by atoms with Gasteiger partial charge in [0.1, 0.15) is 0 Å². The van der Waals surface area contributed by atoms with Crippen molar-refractivity contribution in [2.45, 2.75) is 38.6 Å². The minimum absolute atomic E-state index is 0.104. The number of carboxylic acids is 1. The van der Waals surface area contributed by atoms with E-state index in [4.69, 9.17) is 10.8 Å². The number of nitrogens with zero attached hydrogens (tertiary/aromatic N) is 1. The number of nitrogens with two attached hydrogens (primary N) is 1. The number of hydrogen-bond donors (Lipinski definition) is 2. The van der Waals surface area contributed by atoms with Crippen LogP contribution in [0, 0.1) is 5.92 Å². The molecule has 2 atom stereocenters. The number of hydrogen-bond acceptors (Lipinski definition) is 3. The van der Waals surface area contributed by atoms with Crippen molar-refractivity contribution in [3.05, 3.63) is 0 Å². The lowest BCUT2D eigenvalue weighted by molar-refractivity contribution is -0.146. The van der Waals surface area contributed by atoms with Crippen molar-refractivity contribution in [3.8, 4) is 0 Å². The second-order valence-corrected chi connectivity index (χ2v) is 4.36. The molecule has 1 rings (SSSR count). The van der Waals surface area contributed by atoms with E-state index in [1.807, 2.05) is 6.92 Å². The van der Waals surface area contributed by atoms with E-state index in [1.54, 1.807) is 4.90 Å². The summed E-state index contributed by atoms with van der Waals surface area (Å²) < 4.78 is 0. The third-order valence-electron chi connectivity index (χ3n) is 3.00. The Morgan fingerprint density at radius 2 is 2.25 bits per heavy atom. The first-order valence-electron chi connectivity index (χ1n) is 5.83. The summed E-state index contributed by atoms with van der Waals surface area (Å²) in [5.41, 5.74) is 5.74. The minimum Gasteiger partial charge on any atom is -0.481 e. The number of rotatable bonds is 4. The van der Waals surface area contributed by atoms with E-state index >= 15 is 0 Å². The van der Waals surface area contributed by atoms with Gasteiger partial charge in [-0.15, -0.1) is 0 Å². The summed E-state index contributed by atoms with van der Waals surface area (Å²) in [6, 6.07) is -0.474. The van der Waals surface area contributed by atoms with Crippen molar-refractivity contribution < 1.29 is 14.7 Å². The van der Waals surface area contributed by atoms with E-state index in [-0.39, 0.29) is 5.91 Å². The smallest absolute Gasteiger partial charge is 0.308 e. The number of carbonyl (C=O) groups excluding carboxylic acids is 1. The van der Waals surface area contributed by atoms with E-state index < -0.39 is 17.9 Å². The Kier molecular flexibility index (Phi) is 4.73. The summed E-state index contributed by atoms with van der Waals surface area (Å²) in [7, 11) is 0. The van der Waals surface area contributed by atoms with Gasteiger partial charge >= 0.3 is 5.97 Å². The molecule has 92 valence electrons. The van der Waals surface area contributed by atoms with E-state index in [1.165, 1.54) is 0 Å². The normalized spacial score (nSPS) is 22.9. The van der Waals surface area contributed by atoms with Crippen LogP contribution in [0.1, 0.15) is 32.6 Å². The van der Waals surface area contributed by atoms with Crippen LogP contribution >= 0.6 is 0 Å². The average molecular weight is 228 g/mol. The molecule has 1 fully saturated rings. The maximum atomic E-state index is 11.9. The Bertz CT molecular complexity index is 268. The van der Waals surface area contributed by atoms with Gasteiger partial charge in [0.25, 0.3) is 0 Å². The lowest BCUT2D eigenvalue weighted by Gasteiger charge is -2.32. The van der Waals surface area contributed by atoms with Gasteiger partial charge in [-0.2, -0.15) is 0 Å². The number of carboxylic acid groups (broad SMARTS) is 1. The topological polar surface area (TPSA) is 83.6 Å². The molecule has 0 aromatic rings. The molecule has 1 saturated heterocycles. The van der Waals surface area contributed by atoms with Crippen LogP contribution in [0.2, 0.25) is 0 Å². The Morgan fingerprint density at radius 1 is 1.56 bits per heavy atom. The number of amides is 1. The molecule has 5 heteroatoms. The summed E-state index contributed by atoms with van der Waals surface area (Å²) in [6.45, 7) is 2.93. The molecule has 1 aliphatic rings. The lowest BCUT2D eigenvalue weighted by atomic mass is 9.97. The highest BCUT2D eigenvalue weighted by Crippen LogP contribution is 2.17. The molecule has 0 bridgehead atoms. The maximum Gasteiger partial charge on any atom is 0.308 e. The zero-order valence-corrected chi connectivity index (χ0v) is 9.69.